The van der Waals surface area contributed by atoms with Crippen LogP contribution >= 0.6 is 0 Å². The fraction of sp³-hybridized carbons (Fsp3) is 0.938. The molecule has 1 aliphatic rings. The molecule has 0 amide bonds. The van der Waals surface area contributed by atoms with Crippen LogP contribution in [-0.4, -0.2) is 18.6 Å². The summed E-state index contributed by atoms with van der Waals surface area (Å²) in [6.45, 7) is 8.66. The predicted octanol–water partition coefficient (Wildman–Crippen LogP) is 3.51. The predicted molar refractivity (Wildman–Crippen MR) is 78.7 cm³/mol. The van der Waals surface area contributed by atoms with Crippen LogP contribution in [0.1, 0.15) is 66.2 Å². The number of carbonyl (C=O) groups excluding carboxylic acids is 1. The summed E-state index contributed by atoms with van der Waals surface area (Å²) in [5.74, 6) is 1.28. The van der Waals surface area contributed by atoms with Crippen molar-refractivity contribution in [3.63, 3.8) is 0 Å². The smallest absolute Gasteiger partial charge is 0.306 e. The maximum Gasteiger partial charge on any atom is 0.306 e. The van der Waals surface area contributed by atoms with E-state index in [0.717, 1.165) is 12.8 Å². The molecule has 0 spiro atoms. The molecule has 0 radical (unpaired) electrons. The Kier molecular flexibility index (Phi) is 5.43. The van der Waals surface area contributed by atoms with Crippen molar-refractivity contribution in [2.45, 2.75) is 71.8 Å². The number of esters is 1. The maximum atomic E-state index is 11.8. The summed E-state index contributed by atoms with van der Waals surface area (Å²) < 4.78 is 4.90. The summed E-state index contributed by atoms with van der Waals surface area (Å²) >= 11 is 0. The first-order chi connectivity index (χ1) is 8.70. The molecular weight excluding hydrogens is 238 g/mol. The van der Waals surface area contributed by atoms with E-state index in [9.17, 15) is 4.79 Å². The summed E-state index contributed by atoms with van der Waals surface area (Å²) in [5, 5.41) is 0. The molecule has 19 heavy (non-hydrogen) atoms. The Labute approximate surface area is 118 Å². The van der Waals surface area contributed by atoms with Crippen molar-refractivity contribution < 1.29 is 9.53 Å². The van der Waals surface area contributed by atoms with Crippen LogP contribution < -0.4 is 5.73 Å². The minimum atomic E-state index is -0.336. The lowest BCUT2D eigenvalue weighted by Gasteiger charge is -2.49. The zero-order valence-corrected chi connectivity index (χ0v) is 13.3. The van der Waals surface area contributed by atoms with E-state index in [2.05, 4.69) is 27.7 Å². The van der Waals surface area contributed by atoms with Gasteiger partial charge in [0.2, 0.25) is 0 Å². The molecule has 0 bridgehead atoms. The monoisotopic (exact) mass is 269 g/mol. The molecule has 1 saturated carbocycles. The van der Waals surface area contributed by atoms with Gasteiger partial charge in [0.1, 0.15) is 0 Å². The van der Waals surface area contributed by atoms with Crippen LogP contribution in [0, 0.1) is 17.3 Å². The molecule has 0 heterocycles. The molecule has 1 fully saturated rings. The summed E-state index contributed by atoms with van der Waals surface area (Å²) in [6.07, 6.45) is 6.25. The molecule has 0 aliphatic heterocycles. The molecule has 2 N–H and O–H groups in total. The van der Waals surface area contributed by atoms with Crippen molar-refractivity contribution in [1.82, 2.24) is 0 Å². The first-order valence-corrected chi connectivity index (χ1v) is 7.56. The van der Waals surface area contributed by atoms with Crippen LogP contribution in [0.5, 0.6) is 0 Å². The van der Waals surface area contributed by atoms with Crippen molar-refractivity contribution in [2.24, 2.45) is 23.0 Å². The van der Waals surface area contributed by atoms with Gasteiger partial charge in [-0.1, -0.05) is 26.7 Å². The molecule has 1 rings (SSSR count). The van der Waals surface area contributed by atoms with E-state index in [0.29, 0.717) is 18.3 Å². The third kappa shape index (κ3) is 4.20. The van der Waals surface area contributed by atoms with Crippen LogP contribution in [0.25, 0.3) is 0 Å². The Balaban J connectivity index is 2.87. The minimum absolute atomic E-state index is 0.0993. The molecule has 0 aromatic heterocycles. The molecule has 2 atom stereocenters. The zero-order valence-electron chi connectivity index (χ0n) is 13.3. The van der Waals surface area contributed by atoms with Gasteiger partial charge < -0.3 is 10.5 Å². The van der Waals surface area contributed by atoms with Crippen molar-refractivity contribution in [2.75, 3.05) is 7.11 Å². The number of carbonyl (C=O) groups is 1. The topological polar surface area (TPSA) is 52.3 Å². The molecular formula is C16H31NO2. The van der Waals surface area contributed by atoms with Gasteiger partial charge in [-0.15, -0.1) is 0 Å². The molecule has 3 heteroatoms. The lowest BCUT2D eigenvalue weighted by atomic mass is 9.58. The molecule has 0 aromatic carbocycles. The van der Waals surface area contributed by atoms with Crippen LogP contribution in [0.4, 0.5) is 0 Å². The largest absolute Gasteiger partial charge is 0.469 e. The van der Waals surface area contributed by atoms with E-state index < -0.39 is 0 Å². The second-order valence-corrected chi connectivity index (χ2v) is 7.35. The Bertz CT molecular complexity index is 306. The molecule has 0 saturated heterocycles. The number of rotatable bonds is 5. The highest BCUT2D eigenvalue weighted by atomic mass is 16.5. The molecule has 0 aromatic rings. The quantitative estimate of drug-likeness (QED) is 0.777. The van der Waals surface area contributed by atoms with Crippen LogP contribution in [0.15, 0.2) is 0 Å². The van der Waals surface area contributed by atoms with E-state index in [1.807, 2.05) is 0 Å². The van der Waals surface area contributed by atoms with Crippen LogP contribution in [0.2, 0.25) is 0 Å². The van der Waals surface area contributed by atoms with E-state index in [-0.39, 0.29) is 16.9 Å². The van der Waals surface area contributed by atoms with E-state index in [1.165, 1.54) is 26.4 Å². The SMILES string of the molecule is COC(=O)CC1(C(C)(C)N)CCCC(CC(C)C)C1. The average Bonchev–Trinajstić information content (AvgIpc) is 2.26. The molecule has 3 nitrogen and oxygen atoms in total. The number of hydrogen-bond acceptors (Lipinski definition) is 3. The van der Waals surface area contributed by atoms with Gasteiger partial charge in [0.15, 0.2) is 0 Å². The fourth-order valence-corrected chi connectivity index (χ4v) is 3.68. The third-order valence-electron chi connectivity index (χ3n) is 4.83. The van der Waals surface area contributed by atoms with E-state index in [4.69, 9.17) is 10.5 Å². The summed E-state index contributed by atoms with van der Waals surface area (Å²) in [6, 6.07) is 0. The van der Waals surface area contributed by atoms with Gasteiger partial charge in [-0.05, 0) is 50.4 Å². The second kappa shape index (κ2) is 6.25. The van der Waals surface area contributed by atoms with Gasteiger partial charge in [0, 0.05) is 5.54 Å². The van der Waals surface area contributed by atoms with E-state index in [1.54, 1.807) is 0 Å². The fourth-order valence-electron chi connectivity index (χ4n) is 3.68. The number of ether oxygens (including phenoxy) is 1. The first-order valence-electron chi connectivity index (χ1n) is 7.56. The highest BCUT2D eigenvalue weighted by Gasteiger charge is 2.47. The molecule has 112 valence electrons. The van der Waals surface area contributed by atoms with Crippen LogP contribution in [-0.2, 0) is 9.53 Å². The molecule has 1 aliphatic carbocycles. The molecule has 2 unspecified atom stereocenters. The highest BCUT2D eigenvalue weighted by molar-refractivity contribution is 5.70. The van der Waals surface area contributed by atoms with Gasteiger partial charge in [-0.2, -0.15) is 0 Å². The van der Waals surface area contributed by atoms with Crippen molar-refractivity contribution in [1.29, 1.82) is 0 Å². The Morgan fingerprint density at radius 3 is 2.58 bits per heavy atom. The summed E-state index contributed by atoms with van der Waals surface area (Å²) in [4.78, 5) is 11.8. The normalized spacial score (nSPS) is 28.5. The first kappa shape index (κ1) is 16.5. The lowest BCUT2D eigenvalue weighted by molar-refractivity contribution is -0.146. The standard InChI is InChI=1S/C16H31NO2/c1-12(2)9-13-7-6-8-16(10-13,15(3,4)17)11-14(18)19-5/h12-13H,6-11,17H2,1-5H3. The van der Waals surface area contributed by atoms with Gasteiger partial charge in [0.05, 0.1) is 13.5 Å². The third-order valence-corrected chi connectivity index (χ3v) is 4.83. The lowest BCUT2D eigenvalue weighted by Crippen LogP contribution is -2.54. The maximum absolute atomic E-state index is 11.8. The second-order valence-electron chi connectivity index (χ2n) is 7.35. The summed E-state index contributed by atoms with van der Waals surface area (Å²) in [5.41, 5.74) is 6.00. The van der Waals surface area contributed by atoms with Crippen molar-refractivity contribution in [3.8, 4) is 0 Å². The van der Waals surface area contributed by atoms with Crippen molar-refractivity contribution >= 4 is 5.97 Å². The Morgan fingerprint density at radius 1 is 1.47 bits per heavy atom. The van der Waals surface area contributed by atoms with Gasteiger partial charge in [-0.25, -0.2) is 0 Å². The number of methoxy groups -OCH3 is 1. The van der Waals surface area contributed by atoms with Crippen LogP contribution in [0.3, 0.4) is 0 Å². The van der Waals surface area contributed by atoms with Gasteiger partial charge in [-0.3, -0.25) is 4.79 Å². The van der Waals surface area contributed by atoms with Crippen molar-refractivity contribution in [3.05, 3.63) is 0 Å². The summed E-state index contributed by atoms with van der Waals surface area (Å²) in [7, 11) is 1.47. The minimum Gasteiger partial charge on any atom is -0.469 e. The van der Waals surface area contributed by atoms with Gasteiger partial charge >= 0.3 is 5.97 Å². The number of nitrogens with two attached hydrogens (primary N) is 1. The Hall–Kier alpha value is -0.570. The zero-order chi connectivity index (χ0) is 14.7. The number of hydrogen-bond donors (Lipinski definition) is 1. The highest BCUT2D eigenvalue weighted by Crippen LogP contribution is 2.49. The Morgan fingerprint density at radius 2 is 2.11 bits per heavy atom. The average molecular weight is 269 g/mol. The van der Waals surface area contributed by atoms with Gasteiger partial charge in [0.25, 0.3) is 0 Å². The van der Waals surface area contributed by atoms with E-state index >= 15 is 0 Å².